The monoisotopic (exact) mass is 314 g/mol. The van der Waals surface area contributed by atoms with Gasteiger partial charge in [0.1, 0.15) is 11.3 Å². The summed E-state index contributed by atoms with van der Waals surface area (Å²) in [7, 11) is -0.405. The normalized spacial score (nSPS) is 17.6. The predicted octanol–water partition coefficient (Wildman–Crippen LogP) is 0.330. The van der Waals surface area contributed by atoms with Crippen molar-refractivity contribution in [2.45, 2.75) is 4.90 Å². The van der Waals surface area contributed by atoms with Crippen molar-refractivity contribution >= 4 is 16.0 Å². The Labute approximate surface area is 123 Å². The third-order valence-corrected chi connectivity index (χ3v) is 5.40. The van der Waals surface area contributed by atoms with Crippen molar-refractivity contribution in [3.05, 3.63) is 23.8 Å². The minimum Gasteiger partial charge on any atom is -0.496 e. The van der Waals surface area contributed by atoms with Gasteiger partial charge in [-0.05, 0) is 25.2 Å². The molecule has 1 aromatic carbocycles. The molecule has 0 saturated carbocycles. The smallest absolute Gasteiger partial charge is 0.339 e. The van der Waals surface area contributed by atoms with E-state index in [-0.39, 0.29) is 16.2 Å². The summed E-state index contributed by atoms with van der Waals surface area (Å²) >= 11 is 0. The Kier molecular flexibility index (Phi) is 4.50. The van der Waals surface area contributed by atoms with Crippen LogP contribution in [0, 0.1) is 0 Å². The van der Waals surface area contributed by atoms with Crippen molar-refractivity contribution in [3.8, 4) is 5.75 Å². The molecule has 0 spiro atoms. The first kappa shape index (κ1) is 15.7. The number of methoxy groups -OCH3 is 1. The molecule has 0 aromatic heterocycles. The van der Waals surface area contributed by atoms with E-state index in [1.54, 1.807) is 0 Å². The van der Waals surface area contributed by atoms with Crippen LogP contribution in [0.25, 0.3) is 0 Å². The van der Waals surface area contributed by atoms with Crippen molar-refractivity contribution in [2.24, 2.45) is 0 Å². The molecular weight excluding hydrogens is 296 g/mol. The fourth-order valence-electron chi connectivity index (χ4n) is 2.19. The minimum atomic E-state index is -3.68. The van der Waals surface area contributed by atoms with E-state index in [1.165, 1.54) is 23.5 Å². The van der Waals surface area contributed by atoms with Crippen molar-refractivity contribution in [3.63, 3.8) is 0 Å². The van der Waals surface area contributed by atoms with E-state index in [1.807, 2.05) is 11.9 Å². The lowest BCUT2D eigenvalue weighted by Gasteiger charge is -2.31. The summed E-state index contributed by atoms with van der Waals surface area (Å²) in [5, 5.41) is 9.14. The molecule has 0 bridgehead atoms. The number of carboxylic acids is 1. The number of sulfonamides is 1. The van der Waals surface area contributed by atoms with Crippen LogP contribution >= 0.6 is 0 Å². The molecule has 0 unspecified atom stereocenters. The highest BCUT2D eigenvalue weighted by molar-refractivity contribution is 7.89. The summed E-state index contributed by atoms with van der Waals surface area (Å²) in [6, 6.07) is 3.89. The zero-order valence-corrected chi connectivity index (χ0v) is 12.8. The van der Waals surface area contributed by atoms with Crippen LogP contribution < -0.4 is 4.74 Å². The maximum absolute atomic E-state index is 12.5. The predicted molar refractivity (Wildman–Crippen MR) is 76.2 cm³/mol. The van der Waals surface area contributed by atoms with Gasteiger partial charge in [0.2, 0.25) is 10.0 Å². The summed E-state index contributed by atoms with van der Waals surface area (Å²) in [5.74, 6) is -1.08. The first-order valence-electron chi connectivity index (χ1n) is 6.46. The van der Waals surface area contributed by atoms with Gasteiger partial charge in [0.15, 0.2) is 0 Å². The highest BCUT2D eigenvalue weighted by atomic mass is 32.2. The summed E-state index contributed by atoms with van der Waals surface area (Å²) in [6.45, 7) is 2.10. The van der Waals surface area contributed by atoms with Gasteiger partial charge >= 0.3 is 5.97 Å². The fraction of sp³-hybridized carbons (Fsp3) is 0.462. The number of aromatic carboxylic acids is 1. The van der Waals surface area contributed by atoms with Crippen molar-refractivity contribution in [1.82, 2.24) is 9.21 Å². The summed E-state index contributed by atoms with van der Waals surface area (Å²) in [5.41, 5.74) is -0.160. The van der Waals surface area contributed by atoms with Crippen LogP contribution in [0.1, 0.15) is 10.4 Å². The van der Waals surface area contributed by atoms with Crippen LogP contribution in [0.2, 0.25) is 0 Å². The van der Waals surface area contributed by atoms with E-state index < -0.39 is 16.0 Å². The molecule has 0 radical (unpaired) electrons. The van der Waals surface area contributed by atoms with Gasteiger partial charge in [-0.15, -0.1) is 0 Å². The molecule has 116 valence electrons. The van der Waals surface area contributed by atoms with Crippen molar-refractivity contribution in [2.75, 3.05) is 40.3 Å². The molecule has 1 heterocycles. The molecule has 1 aliphatic heterocycles. The second kappa shape index (κ2) is 6.00. The molecule has 0 atom stereocenters. The SMILES string of the molecule is COc1ccc(S(=O)(=O)N2CCN(C)CC2)cc1C(=O)O. The van der Waals surface area contributed by atoms with Gasteiger partial charge in [-0.3, -0.25) is 0 Å². The minimum absolute atomic E-state index is 0.0229. The Balaban J connectivity index is 2.36. The third kappa shape index (κ3) is 3.17. The molecule has 1 N–H and O–H groups in total. The van der Waals surface area contributed by atoms with Crippen LogP contribution in [0.5, 0.6) is 5.75 Å². The molecule has 21 heavy (non-hydrogen) atoms. The zero-order chi connectivity index (χ0) is 15.6. The van der Waals surface area contributed by atoms with Crippen molar-refractivity contribution < 1.29 is 23.1 Å². The number of carboxylic acid groups (broad SMARTS) is 1. The third-order valence-electron chi connectivity index (χ3n) is 3.50. The van der Waals surface area contributed by atoms with E-state index in [2.05, 4.69) is 0 Å². The Morgan fingerprint density at radius 3 is 2.38 bits per heavy atom. The van der Waals surface area contributed by atoms with Gasteiger partial charge in [0, 0.05) is 26.2 Å². The zero-order valence-electron chi connectivity index (χ0n) is 11.9. The van der Waals surface area contributed by atoms with E-state index in [0.717, 1.165) is 6.07 Å². The number of likely N-dealkylation sites (N-methyl/N-ethyl adjacent to an activating group) is 1. The molecule has 1 aliphatic rings. The highest BCUT2D eigenvalue weighted by Crippen LogP contribution is 2.25. The summed E-state index contributed by atoms with van der Waals surface area (Å²) < 4.78 is 31.4. The number of piperazine rings is 1. The Hall–Kier alpha value is -1.64. The van der Waals surface area contributed by atoms with E-state index in [0.29, 0.717) is 26.2 Å². The average Bonchev–Trinajstić information content (AvgIpc) is 2.46. The maximum atomic E-state index is 12.5. The van der Waals surface area contributed by atoms with E-state index in [4.69, 9.17) is 9.84 Å². The number of rotatable bonds is 4. The second-order valence-electron chi connectivity index (χ2n) is 4.87. The standard InChI is InChI=1S/C13H18N2O5S/c1-14-5-7-15(8-6-14)21(18,19)10-3-4-12(20-2)11(9-10)13(16)17/h3-4,9H,5-8H2,1-2H3,(H,16,17). The Morgan fingerprint density at radius 1 is 1.24 bits per heavy atom. The van der Waals surface area contributed by atoms with Gasteiger partial charge in [0.05, 0.1) is 12.0 Å². The Bertz CT molecular complexity index is 636. The number of nitrogens with zero attached hydrogens (tertiary/aromatic N) is 2. The topological polar surface area (TPSA) is 87.2 Å². The van der Waals surface area contributed by atoms with Crippen LogP contribution in [0.3, 0.4) is 0 Å². The fourth-order valence-corrected chi connectivity index (χ4v) is 3.64. The lowest BCUT2D eigenvalue weighted by Crippen LogP contribution is -2.47. The highest BCUT2D eigenvalue weighted by Gasteiger charge is 2.28. The van der Waals surface area contributed by atoms with Crippen LogP contribution in [0.15, 0.2) is 23.1 Å². The number of hydrogen-bond donors (Lipinski definition) is 1. The first-order chi connectivity index (χ1) is 9.86. The lowest BCUT2D eigenvalue weighted by molar-refractivity contribution is 0.0693. The van der Waals surface area contributed by atoms with Gasteiger partial charge in [-0.1, -0.05) is 0 Å². The second-order valence-corrected chi connectivity index (χ2v) is 6.81. The van der Waals surface area contributed by atoms with Gasteiger partial charge in [-0.25, -0.2) is 13.2 Å². The first-order valence-corrected chi connectivity index (χ1v) is 7.90. The molecule has 1 fully saturated rings. The molecule has 8 heteroatoms. The molecule has 1 saturated heterocycles. The van der Waals surface area contributed by atoms with E-state index in [9.17, 15) is 13.2 Å². The molecular formula is C13H18N2O5S. The van der Waals surface area contributed by atoms with Crippen LogP contribution in [-0.4, -0.2) is 69.0 Å². The average molecular weight is 314 g/mol. The van der Waals surface area contributed by atoms with Crippen LogP contribution in [0.4, 0.5) is 0 Å². The largest absolute Gasteiger partial charge is 0.496 e. The lowest BCUT2D eigenvalue weighted by atomic mass is 10.2. The number of hydrogen-bond acceptors (Lipinski definition) is 5. The molecule has 0 amide bonds. The summed E-state index contributed by atoms with van der Waals surface area (Å²) in [6.07, 6.45) is 0. The number of carbonyl (C=O) groups is 1. The molecule has 7 nitrogen and oxygen atoms in total. The number of ether oxygens (including phenoxy) is 1. The number of benzene rings is 1. The van der Waals surface area contributed by atoms with Crippen molar-refractivity contribution in [1.29, 1.82) is 0 Å². The van der Waals surface area contributed by atoms with Gasteiger partial charge in [0.25, 0.3) is 0 Å². The van der Waals surface area contributed by atoms with E-state index >= 15 is 0 Å². The Morgan fingerprint density at radius 2 is 1.86 bits per heavy atom. The maximum Gasteiger partial charge on any atom is 0.339 e. The van der Waals surface area contributed by atoms with Gasteiger partial charge < -0.3 is 14.7 Å². The molecule has 2 rings (SSSR count). The quantitative estimate of drug-likeness (QED) is 0.862. The molecule has 1 aromatic rings. The van der Waals surface area contributed by atoms with Crippen LogP contribution in [-0.2, 0) is 10.0 Å². The summed E-state index contributed by atoms with van der Waals surface area (Å²) in [4.78, 5) is 13.2. The van der Waals surface area contributed by atoms with Gasteiger partial charge in [-0.2, -0.15) is 4.31 Å². The molecule has 0 aliphatic carbocycles.